The van der Waals surface area contributed by atoms with E-state index in [-0.39, 0.29) is 394 Å². The Morgan fingerprint density at radius 3 is 0.0189 bits per heavy atom. The monoisotopic (exact) mass is 850 g/mol. The molecule has 0 aromatic rings. The van der Waals surface area contributed by atoms with E-state index in [2.05, 4.69) is 0 Å². The SMILES string of the molecule is C.C.C.C.C.C.C.C.C.C.C.C.C.C.C.C.C.C.C.C.C.C.C.C.C.C.C.C.C.C.C.C.C.C.C.C.C.C.C.C.C.C.C.C.C.C.C.C.C.C.C.C.C. The van der Waals surface area contributed by atoms with Gasteiger partial charge in [-0.2, -0.15) is 0 Å². The summed E-state index contributed by atoms with van der Waals surface area (Å²) in [6.45, 7) is 0. The van der Waals surface area contributed by atoms with Crippen molar-refractivity contribution >= 4 is 0 Å². The number of hydrogen-bond donors (Lipinski definition) is 0. The summed E-state index contributed by atoms with van der Waals surface area (Å²) >= 11 is 0. The molecule has 0 heterocycles. The van der Waals surface area contributed by atoms with Crippen LogP contribution in [0.5, 0.6) is 0 Å². The maximum Gasteiger partial charge on any atom is -0.0776 e. The van der Waals surface area contributed by atoms with Crippen LogP contribution in [0.1, 0.15) is 394 Å². The minimum Gasteiger partial charge on any atom is -0.0776 e. The van der Waals surface area contributed by atoms with Gasteiger partial charge in [-0.15, -0.1) is 0 Å². The van der Waals surface area contributed by atoms with Crippen molar-refractivity contribution in [2.75, 3.05) is 0 Å². The Labute approximate surface area is 392 Å². The number of hydrogen-bond acceptors (Lipinski definition) is 0. The molecule has 0 radical (unpaired) electrons. The van der Waals surface area contributed by atoms with Crippen molar-refractivity contribution in [3.8, 4) is 0 Å². The average Bonchev–Trinajstić information content (AvgIpc) is 0. The third-order valence-corrected chi connectivity index (χ3v) is 0. The summed E-state index contributed by atoms with van der Waals surface area (Å²) in [5, 5.41) is 0. The van der Waals surface area contributed by atoms with Crippen LogP contribution in [-0.2, 0) is 0 Å². The Morgan fingerprint density at radius 2 is 0.0189 bits per heavy atom. The zero-order valence-electron chi connectivity index (χ0n) is 0. The van der Waals surface area contributed by atoms with E-state index in [1.807, 2.05) is 0 Å². The molecule has 0 saturated carbocycles. The summed E-state index contributed by atoms with van der Waals surface area (Å²) in [6, 6.07) is 0. The number of rotatable bonds is 0. The van der Waals surface area contributed by atoms with Crippen LogP contribution in [0, 0.1) is 0 Å². The Morgan fingerprint density at radius 1 is 0.0189 bits per heavy atom. The minimum atomic E-state index is 0. The molecule has 53 heavy (non-hydrogen) atoms. The highest BCUT2D eigenvalue weighted by Crippen LogP contribution is 0.196. The van der Waals surface area contributed by atoms with Crippen molar-refractivity contribution in [3.63, 3.8) is 0 Å². The second-order valence-electron chi connectivity index (χ2n) is 0. The molecule has 0 saturated heterocycles. The maximum atomic E-state index is 0. The van der Waals surface area contributed by atoms with E-state index >= 15 is 0 Å². The first kappa shape index (κ1) is 0. The summed E-state index contributed by atoms with van der Waals surface area (Å²) in [5.41, 5.74) is 0. The smallest absolute Gasteiger partial charge is 0.0776 e. The van der Waals surface area contributed by atoms with Gasteiger partial charge in [0, 0.05) is 0 Å². The van der Waals surface area contributed by atoms with Gasteiger partial charge in [0.05, 0.1) is 0 Å². The molecule has 0 unspecified atom stereocenters. The predicted octanol–water partition coefficient (Wildman–Crippen LogP) is 33.7. The largest absolute Gasteiger partial charge is 0.0776 e. The van der Waals surface area contributed by atoms with Gasteiger partial charge in [-0.1, -0.05) is 394 Å². The Balaban J connectivity index is 0. The van der Waals surface area contributed by atoms with Crippen molar-refractivity contribution < 1.29 is 0 Å². The Bertz CT molecular complexity index is 0. The van der Waals surface area contributed by atoms with Gasteiger partial charge < -0.3 is 0 Å². The molecule has 0 aromatic heterocycles. The third kappa shape index (κ3) is 0. The summed E-state index contributed by atoms with van der Waals surface area (Å²) in [6.07, 6.45) is 0. The van der Waals surface area contributed by atoms with Crippen LogP contribution in [-0.4, -0.2) is 0 Å². The first-order valence-electron chi connectivity index (χ1n) is 0. The Hall–Kier alpha value is 0. The highest BCUT2D eigenvalue weighted by atomic mass is 12.1. The predicted molar refractivity (Wildman–Crippen MR) is 357 cm³/mol. The van der Waals surface area contributed by atoms with Crippen LogP contribution >= 0.6 is 0 Å². The van der Waals surface area contributed by atoms with Gasteiger partial charge in [0.2, 0.25) is 0 Å². The molecule has 0 rings (SSSR count). The van der Waals surface area contributed by atoms with Crippen LogP contribution in [0.15, 0.2) is 0 Å². The minimum absolute atomic E-state index is 0. The van der Waals surface area contributed by atoms with E-state index in [0.29, 0.717) is 0 Å². The van der Waals surface area contributed by atoms with E-state index in [0.717, 1.165) is 0 Å². The molecule has 0 nitrogen and oxygen atoms in total. The lowest BCUT2D eigenvalue weighted by Gasteiger charge is -0.0786. The molecular formula is C53H212. The highest BCUT2D eigenvalue weighted by Gasteiger charge is -0.0256. The fraction of sp³-hybridized carbons (Fsp3) is 1.00. The molecule has 0 heteroatoms. The zero-order chi connectivity index (χ0) is 0. The lowest BCUT2D eigenvalue weighted by molar-refractivity contribution is 2.50. The van der Waals surface area contributed by atoms with Crippen LogP contribution in [0.25, 0.3) is 0 Å². The van der Waals surface area contributed by atoms with E-state index in [1.165, 1.54) is 0 Å². The average molecular weight is 850 g/mol. The quantitative estimate of drug-likeness (QED) is 0.228. The van der Waals surface area contributed by atoms with Crippen molar-refractivity contribution in [2.45, 2.75) is 394 Å². The maximum absolute atomic E-state index is 0. The van der Waals surface area contributed by atoms with Crippen LogP contribution in [0.4, 0.5) is 0 Å². The summed E-state index contributed by atoms with van der Waals surface area (Å²) in [5.74, 6) is 0. The van der Waals surface area contributed by atoms with Gasteiger partial charge in [0.25, 0.3) is 0 Å². The van der Waals surface area contributed by atoms with E-state index < -0.39 is 0 Å². The molecule has 0 aliphatic carbocycles. The molecule has 0 aromatic carbocycles. The fourth-order valence-corrected chi connectivity index (χ4v) is 0. The highest BCUT2D eigenvalue weighted by molar-refractivity contribution is 2.55. The lowest BCUT2D eigenvalue weighted by atomic mass is 12.0. The molecule has 0 atom stereocenters. The van der Waals surface area contributed by atoms with Crippen molar-refractivity contribution in [3.05, 3.63) is 0 Å². The molecular weight excluding hydrogens is 637 g/mol. The van der Waals surface area contributed by atoms with E-state index in [1.54, 1.807) is 0 Å². The van der Waals surface area contributed by atoms with Crippen molar-refractivity contribution in [2.24, 2.45) is 0 Å². The molecule has 0 fully saturated rings. The van der Waals surface area contributed by atoms with Crippen LogP contribution in [0.3, 0.4) is 0 Å². The molecule has 0 aliphatic heterocycles. The fourth-order valence-electron chi connectivity index (χ4n) is 0. The lowest BCUT2D eigenvalue weighted by Crippen LogP contribution is 0.143. The third-order valence-electron chi connectivity index (χ3n) is 0. The molecule has 0 amide bonds. The van der Waals surface area contributed by atoms with Crippen molar-refractivity contribution in [1.82, 2.24) is 0 Å². The van der Waals surface area contributed by atoms with Crippen molar-refractivity contribution in [1.29, 1.82) is 0 Å². The second kappa shape index (κ2) is 0. The summed E-state index contributed by atoms with van der Waals surface area (Å²) < 4.78 is 0. The first-order valence-corrected chi connectivity index (χ1v) is 0. The van der Waals surface area contributed by atoms with Crippen LogP contribution in [0.2, 0.25) is 0 Å². The van der Waals surface area contributed by atoms with Gasteiger partial charge in [-0.25, -0.2) is 0 Å². The van der Waals surface area contributed by atoms with Gasteiger partial charge in [0.1, 0.15) is 0 Å². The summed E-state index contributed by atoms with van der Waals surface area (Å²) in [4.78, 5) is 0. The standard InChI is InChI=1S/53CH4/h53*1H4. The molecule has 424 valence electrons. The topological polar surface area (TPSA) is 0 Å². The normalized spacial score (nSPS) is 0. The first-order chi connectivity index (χ1) is 0. The van der Waals surface area contributed by atoms with Gasteiger partial charge in [0.15, 0.2) is 0 Å². The van der Waals surface area contributed by atoms with E-state index in [9.17, 15) is 0 Å². The molecule has 0 bridgehead atoms. The second-order valence-corrected chi connectivity index (χ2v) is 0. The molecule has 0 N–H and O–H groups in total. The van der Waals surface area contributed by atoms with Crippen LogP contribution < -0.4 is 0 Å². The Kier molecular flexibility index (Phi) is 0. The van der Waals surface area contributed by atoms with Gasteiger partial charge in [-0.3, -0.25) is 0 Å². The van der Waals surface area contributed by atoms with Gasteiger partial charge in [-0.05, 0) is 0 Å². The molecule has 0 spiro atoms. The molecule has 0 aliphatic rings. The van der Waals surface area contributed by atoms with E-state index in [4.69, 9.17) is 0 Å². The van der Waals surface area contributed by atoms with Gasteiger partial charge >= 0.3 is 0 Å². The summed E-state index contributed by atoms with van der Waals surface area (Å²) in [7, 11) is 0. The zero-order valence-corrected chi connectivity index (χ0v) is 0.